The summed E-state index contributed by atoms with van der Waals surface area (Å²) in [5, 5.41) is 2.93. The van der Waals surface area contributed by atoms with Gasteiger partial charge in [0.05, 0.1) is 28.2 Å². The molecule has 7 heteroatoms. The number of nitrogens with zero attached hydrogens (tertiary/aromatic N) is 2. The number of thioether (sulfide) groups is 1. The molecule has 0 fully saturated rings. The largest absolute Gasteiger partial charge is 0.454 e. The van der Waals surface area contributed by atoms with E-state index in [1.807, 2.05) is 49.4 Å². The third-order valence-electron chi connectivity index (χ3n) is 4.24. The molecule has 0 radical (unpaired) electrons. The van der Waals surface area contributed by atoms with E-state index in [2.05, 4.69) is 15.3 Å². The molecule has 2 aromatic carbocycles. The monoisotopic (exact) mass is 381 g/mol. The number of amides is 1. The number of benzene rings is 2. The molecule has 1 amide bonds. The Morgan fingerprint density at radius 3 is 2.74 bits per heavy atom. The molecule has 1 aliphatic rings. The topological polar surface area (TPSA) is 73.3 Å². The van der Waals surface area contributed by atoms with E-state index in [1.54, 1.807) is 0 Å². The van der Waals surface area contributed by atoms with Crippen molar-refractivity contribution in [2.45, 2.75) is 19.2 Å². The van der Waals surface area contributed by atoms with Crippen molar-refractivity contribution in [3.8, 4) is 11.5 Å². The van der Waals surface area contributed by atoms with Crippen LogP contribution in [-0.4, -0.2) is 28.4 Å². The molecule has 3 aromatic rings. The fourth-order valence-electron chi connectivity index (χ4n) is 2.80. The normalized spacial score (nSPS) is 12.3. The fourth-order valence-corrected chi connectivity index (χ4v) is 3.66. The van der Waals surface area contributed by atoms with Crippen molar-refractivity contribution in [3.05, 3.63) is 59.4 Å². The fraction of sp³-hybridized carbons (Fsp3) is 0.250. The Balaban J connectivity index is 1.28. The Kier molecular flexibility index (Phi) is 5.11. The van der Waals surface area contributed by atoms with Crippen molar-refractivity contribution in [3.63, 3.8) is 0 Å². The number of carbonyl (C=O) groups is 1. The zero-order chi connectivity index (χ0) is 18.6. The lowest BCUT2D eigenvalue weighted by Crippen LogP contribution is -2.24. The lowest BCUT2D eigenvalue weighted by atomic mass is 10.2. The second-order valence-electron chi connectivity index (χ2n) is 6.20. The van der Waals surface area contributed by atoms with Gasteiger partial charge in [0.1, 0.15) is 0 Å². The van der Waals surface area contributed by atoms with Gasteiger partial charge in [-0.15, -0.1) is 11.8 Å². The van der Waals surface area contributed by atoms with E-state index in [1.165, 1.54) is 11.8 Å². The highest BCUT2D eigenvalue weighted by Crippen LogP contribution is 2.32. The van der Waals surface area contributed by atoms with Crippen LogP contribution in [0.1, 0.15) is 17.0 Å². The first-order valence-corrected chi connectivity index (χ1v) is 9.80. The smallest absolute Gasteiger partial charge is 0.231 e. The van der Waals surface area contributed by atoms with Crippen LogP contribution >= 0.6 is 11.8 Å². The van der Waals surface area contributed by atoms with Crippen LogP contribution in [0.15, 0.2) is 42.5 Å². The molecule has 0 aliphatic carbocycles. The molecule has 0 atom stereocenters. The maximum atomic E-state index is 12.1. The van der Waals surface area contributed by atoms with Gasteiger partial charge < -0.3 is 14.8 Å². The lowest BCUT2D eigenvalue weighted by molar-refractivity contribution is -0.118. The summed E-state index contributed by atoms with van der Waals surface area (Å²) in [6.45, 7) is 2.67. The van der Waals surface area contributed by atoms with E-state index >= 15 is 0 Å². The first kappa shape index (κ1) is 17.6. The minimum atomic E-state index is -0.0101. The van der Waals surface area contributed by atoms with E-state index in [-0.39, 0.29) is 12.7 Å². The van der Waals surface area contributed by atoms with Crippen LogP contribution in [0.25, 0.3) is 11.0 Å². The summed E-state index contributed by atoms with van der Waals surface area (Å²) in [5.41, 5.74) is 4.58. The van der Waals surface area contributed by atoms with Gasteiger partial charge in [-0.3, -0.25) is 4.79 Å². The Labute approximate surface area is 161 Å². The van der Waals surface area contributed by atoms with Crippen LogP contribution in [0, 0.1) is 6.92 Å². The highest BCUT2D eigenvalue weighted by atomic mass is 32.2. The number of ether oxygens (including phenoxy) is 2. The summed E-state index contributed by atoms with van der Waals surface area (Å²) >= 11 is 1.53. The lowest BCUT2D eigenvalue weighted by Gasteiger charge is -2.08. The minimum Gasteiger partial charge on any atom is -0.454 e. The minimum absolute atomic E-state index is 0.0101. The molecule has 0 saturated heterocycles. The van der Waals surface area contributed by atoms with Crippen molar-refractivity contribution < 1.29 is 14.3 Å². The summed E-state index contributed by atoms with van der Waals surface area (Å²) in [6, 6.07) is 13.5. The van der Waals surface area contributed by atoms with Gasteiger partial charge in [0.15, 0.2) is 11.5 Å². The number of aryl methyl sites for hydroxylation is 1. The first-order chi connectivity index (χ1) is 13.2. The molecule has 6 nitrogen and oxygen atoms in total. The highest BCUT2D eigenvalue weighted by Gasteiger charge is 2.13. The SMILES string of the molecule is Cc1nc2ccccc2nc1CSCC(=O)NCc1ccc2c(c1)OCO2. The molecule has 0 bridgehead atoms. The quantitative estimate of drug-likeness (QED) is 0.707. The summed E-state index contributed by atoms with van der Waals surface area (Å²) in [5.74, 6) is 2.48. The van der Waals surface area contributed by atoms with Crippen molar-refractivity contribution in [2.75, 3.05) is 12.5 Å². The van der Waals surface area contributed by atoms with E-state index in [4.69, 9.17) is 9.47 Å². The number of rotatable bonds is 6. The summed E-state index contributed by atoms with van der Waals surface area (Å²) < 4.78 is 10.6. The molecule has 2 heterocycles. The van der Waals surface area contributed by atoms with Crippen LogP contribution in [0.5, 0.6) is 11.5 Å². The van der Waals surface area contributed by atoms with Crippen LogP contribution < -0.4 is 14.8 Å². The highest BCUT2D eigenvalue weighted by molar-refractivity contribution is 7.99. The molecule has 27 heavy (non-hydrogen) atoms. The van der Waals surface area contributed by atoms with E-state index < -0.39 is 0 Å². The molecular weight excluding hydrogens is 362 g/mol. The maximum Gasteiger partial charge on any atom is 0.231 e. The molecular formula is C20H19N3O3S. The molecule has 1 aliphatic heterocycles. The van der Waals surface area contributed by atoms with Gasteiger partial charge in [-0.2, -0.15) is 0 Å². The van der Waals surface area contributed by atoms with Crippen LogP contribution in [0.2, 0.25) is 0 Å². The molecule has 0 unspecified atom stereocenters. The average molecular weight is 381 g/mol. The number of aromatic nitrogens is 2. The van der Waals surface area contributed by atoms with Crippen molar-refractivity contribution in [2.24, 2.45) is 0 Å². The number of nitrogens with one attached hydrogen (secondary N) is 1. The van der Waals surface area contributed by atoms with Gasteiger partial charge in [0.2, 0.25) is 12.7 Å². The number of carbonyl (C=O) groups excluding carboxylic acids is 1. The van der Waals surface area contributed by atoms with Crippen molar-refractivity contribution in [1.82, 2.24) is 15.3 Å². The molecule has 0 spiro atoms. The predicted molar refractivity (Wildman–Crippen MR) is 105 cm³/mol. The second-order valence-corrected chi connectivity index (χ2v) is 7.19. The molecule has 138 valence electrons. The van der Waals surface area contributed by atoms with Crippen LogP contribution in [0.4, 0.5) is 0 Å². The molecule has 0 saturated carbocycles. The summed E-state index contributed by atoms with van der Waals surface area (Å²) in [6.07, 6.45) is 0. The number of fused-ring (bicyclic) bond motifs is 2. The van der Waals surface area contributed by atoms with Crippen LogP contribution in [0.3, 0.4) is 0 Å². The van der Waals surface area contributed by atoms with E-state index in [0.29, 0.717) is 18.1 Å². The summed E-state index contributed by atoms with van der Waals surface area (Å²) in [7, 11) is 0. The zero-order valence-electron chi connectivity index (χ0n) is 14.9. The third-order valence-corrected chi connectivity index (χ3v) is 5.19. The summed E-state index contributed by atoms with van der Waals surface area (Å²) in [4.78, 5) is 21.4. The number of hydrogen-bond acceptors (Lipinski definition) is 6. The Bertz CT molecular complexity index is 993. The van der Waals surface area contributed by atoms with E-state index in [9.17, 15) is 4.79 Å². The number of hydrogen-bond donors (Lipinski definition) is 1. The average Bonchev–Trinajstić information content (AvgIpc) is 3.14. The van der Waals surface area contributed by atoms with Gasteiger partial charge >= 0.3 is 0 Å². The number of para-hydroxylation sites is 2. The van der Waals surface area contributed by atoms with Gasteiger partial charge in [0, 0.05) is 12.3 Å². The Hall–Kier alpha value is -2.80. The van der Waals surface area contributed by atoms with Gasteiger partial charge in [0.25, 0.3) is 0 Å². The van der Waals surface area contributed by atoms with Crippen molar-refractivity contribution in [1.29, 1.82) is 0 Å². The Morgan fingerprint density at radius 1 is 1.11 bits per heavy atom. The Morgan fingerprint density at radius 2 is 1.89 bits per heavy atom. The third kappa shape index (κ3) is 4.14. The standard InChI is InChI=1S/C20H19N3O3S/c1-13-17(23-16-5-3-2-4-15(16)22-13)10-27-11-20(24)21-9-14-6-7-18-19(8-14)26-12-25-18/h2-8H,9-12H2,1H3,(H,21,24). The maximum absolute atomic E-state index is 12.1. The van der Waals surface area contributed by atoms with Gasteiger partial charge in [-0.05, 0) is 36.8 Å². The van der Waals surface area contributed by atoms with Gasteiger partial charge in [-0.1, -0.05) is 18.2 Å². The van der Waals surface area contributed by atoms with E-state index in [0.717, 1.165) is 39.5 Å². The van der Waals surface area contributed by atoms with Crippen LogP contribution in [-0.2, 0) is 17.1 Å². The zero-order valence-corrected chi connectivity index (χ0v) is 15.7. The first-order valence-electron chi connectivity index (χ1n) is 8.64. The predicted octanol–water partition coefficient (Wildman–Crippen LogP) is 3.22. The molecule has 4 rings (SSSR count). The second kappa shape index (κ2) is 7.84. The molecule has 1 aromatic heterocycles. The molecule has 1 N–H and O–H groups in total. The van der Waals surface area contributed by atoms with Crippen molar-refractivity contribution >= 4 is 28.7 Å². The van der Waals surface area contributed by atoms with Gasteiger partial charge in [-0.25, -0.2) is 9.97 Å².